The normalized spacial score (nSPS) is 10.3. The van der Waals surface area contributed by atoms with Crippen LogP contribution in [0.3, 0.4) is 0 Å². The van der Waals surface area contributed by atoms with Gasteiger partial charge in [0.05, 0.1) is 17.7 Å². The molecular weight excluding hydrogens is 340 g/mol. The fourth-order valence-electron chi connectivity index (χ4n) is 1.14. The molecule has 0 spiro atoms. The quantitative estimate of drug-likeness (QED) is 0.896. The summed E-state index contributed by atoms with van der Waals surface area (Å²) in [7, 11) is 0. The van der Waals surface area contributed by atoms with E-state index in [1.54, 1.807) is 11.3 Å². The lowest BCUT2D eigenvalue weighted by atomic mass is 10.3. The van der Waals surface area contributed by atoms with Crippen molar-refractivity contribution in [3.8, 4) is 0 Å². The second kappa shape index (κ2) is 5.09. The van der Waals surface area contributed by atoms with E-state index in [0.29, 0.717) is 0 Å². The minimum Gasteiger partial charge on any atom is -0.378 e. The summed E-state index contributed by atoms with van der Waals surface area (Å²) in [5.41, 5.74) is 3.97. The van der Waals surface area contributed by atoms with E-state index >= 15 is 0 Å². The Hall–Kier alpha value is -0.390. The molecule has 0 saturated carbocycles. The summed E-state index contributed by atoms with van der Waals surface area (Å²) in [6.07, 6.45) is 0. The van der Waals surface area contributed by atoms with Gasteiger partial charge in [0, 0.05) is 20.0 Å². The highest BCUT2D eigenvalue weighted by molar-refractivity contribution is 9.11. The lowest BCUT2D eigenvalue weighted by Crippen LogP contribution is -1.99. The zero-order valence-corrected chi connectivity index (χ0v) is 11.7. The van der Waals surface area contributed by atoms with E-state index in [0.717, 1.165) is 26.9 Å². The average molecular weight is 348 g/mol. The van der Waals surface area contributed by atoms with Crippen molar-refractivity contribution in [3.63, 3.8) is 0 Å². The Bertz CT molecular complexity index is 443. The summed E-state index contributed by atoms with van der Waals surface area (Å²) < 4.78 is 2.12. The van der Waals surface area contributed by atoms with Gasteiger partial charge < -0.3 is 5.32 Å². The largest absolute Gasteiger partial charge is 0.378 e. The third-order valence-corrected chi connectivity index (χ3v) is 3.69. The van der Waals surface area contributed by atoms with Gasteiger partial charge in [-0.15, -0.1) is 11.3 Å². The third-order valence-electron chi connectivity index (χ3n) is 1.87. The molecule has 0 atom stereocenters. The molecule has 0 aliphatic heterocycles. The second-order valence-corrected chi connectivity index (χ2v) is 5.45. The third kappa shape index (κ3) is 3.03. The smallest absolute Gasteiger partial charge is 0.0795 e. The van der Waals surface area contributed by atoms with Gasteiger partial charge in [-0.05, 0) is 34.1 Å². The summed E-state index contributed by atoms with van der Waals surface area (Å²) in [5.74, 6) is 0. The molecule has 1 N–H and O–H groups in total. The molecule has 0 aliphatic rings. The van der Waals surface area contributed by atoms with Gasteiger partial charge in [-0.25, -0.2) is 4.98 Å². The van der Waals surface area contributed by atoms with Crippen molar-refractivity contribution in [3.05, 3.63) is 43.7 Å². The number of nitrogens with zero attached hydrogens (tertiary/aromatic N) is 1. The lowest BCUT2D eigenvalue weighted by Gasteiger charge is -2.07. The van der Waals surface area contributed by atoms with Crippen LogP contribution < -0.4 is 5.32 Å². The fraction of sp³-hybridized carbons (Fsp3) is 0.100. The number of hydrogen-bond acceptors (Lipinski definition) is 3. The van der Waals surface area contributed by atoms with Crippen molar-refractivity contribution >= 4 is 48.9 Å². The summed E-state index contributed by atoms with van der Waals surface area (Å²) >= 11 is 8.54. The maximum atomic E-state index is 4.21. The number of thiazole rings is 1. The number of benzene rings is 1. The molecule has 1 heterocycles. The first kappa shape index (κ1) is 11.1. The first-order chi connectivity index (χ1) is 7.25. The molecule has 0 bridgehead atoms. The molecule has 0 saturated heterocycles. The molecule has 1 aromatic heterocycles. The molecule has 0 amide bonds. The second-order valence-electron chi connectivity index (χ2n) is 2.96. The van der Waals surface area contributed by atoms with Crippen LogP contribution in [0.25, 0.3) is 0 Å². The minimum atomic E-state index is 0.749. The first-order valence-electron chi connectivity index (χ1n) is 4.31. The lowest BCUT2D eigenvalue weighted by molar-refractivity contribution is 1.07. The minimum absolute atomic E-state index is 0.749. The number of rotatable bonds is 3. The molecule has 5 heteroatoms. The van der Waals surface area contributed by atoms with Crippen LogP contribution in [-0.4, -0.2) is 4.98 Å². The monoisotopic (exact) mass is 346 g/mol. The van der Waals surface area contributed by atoms with Crippen molar-refractivity contribution in [2.75, 3.05) is 5.32 Å². The van der Waals surface area contributed by atoms with E-state index in [1.165, 1.54) is 0 Å². The van der Waals surface area contributed by atoms with Gasteiger partial charge in [-0.3, -0.25) is 0 Å². The first-order valence-corrected chi connectivity index (χ1v) is 6.84. The molecule has 2 rings (SSSR count). The van der Waals surface area contributed by atoms with Crippen LogP contribution in [0.5, 0.6) is 0 Å². The van der Waals surface area contributed by atoms with Gasteiger partial charge >= 0.3 is 0 Å². The Kier molecular flexibility index (Phi) is 3.77. The van der Waals surface area contributed by atoms with Crippen LogP contribution in [-0.2, 0) is 6.54 Å². The van der Waals surface area contributed by atoms with Gasteiger partial charge in [0.15, 0.2) is 0 Å². The van der Waals surface area contributed by atoms with E-state index in [2.05, 4.69) is 42.2 Å². The van der Waals surface area contributed by atoms with Crippen LogP contribution in [0.1, 0.15) is 5.69 Å². The van der Waals surface area contributed by atoms with E-state index in [1.807, 2.05) is 29.1 Å². The zero-order chi connectivity index (χ0) is 10.7. The average Bonchev–Trinajstić information content (AvgIpc) is 2.72. The Balaban J connectivity index is 2.07. The van der Waals surface area contributed by atoms with Crippen molar-refractivity contribution in [1.82, 2.24) is 4.98 Å². The molecule has 2 nitrogen and oxygen atoms in total. The van der Waals surface area contributed by atoms with E-state index in [-0.39, 0.29) is 0 Å². The Morgan fingerprint density at radius 3 is 2.93 bits per heavy atom. The van der Waals surface area contributed by atoms with Crippen LogP contribution in [0.4, 0.5) is 5.69 Å². The van der Waals surface area contributed by atoms with Gasteiger partial charge in [0.25, 0.3) is 0 Å². The SMILES string of the molecule is Brc1ccc(Br)c(NCc2cscn2)c1. The molecule has 15 heavy (non-hydrogen) atoms. The fourth-order valence-corrected chi connectivity index (χ4v) is 2.45. The van der Waals surface area contributed by atoms with Gasteiger partial charge in [0.2, 0.25) is 0 Å². The predicted molar refractivity (Wildman–Crippen MR) is 71.3 cm³/mol. The molecule has 78 valence electrons. The number of nitrogens with one attached hydrogen (secondary N) is 1. The van der Waals surface area contributed by atoms with Crippen molar-refractivity contribution < 1.29 is 0 Å². The molecule has 0 radical (unpaired) electrons. The molecular formula is C10H8Br2N2S. The van der Waals surface area contributed by atoms with Crippen molar-refractivity contribution in [2.24, 2.45) is 0 Å². The predicted octanol–water partition coefficient (Wildman–Crippen LogP) is 4.28. The number of anilines is 1. The van der Waals surface area contributed by atoms with Gasteiger partial charge in [-0.2, -0.15) is 0 Å². The summed E-state index contributed by atoms with van der Waals surface area (Å²) in [6, 6.07) is 6.04. The van der Waals surface area contributed by atoms with Crippen LogP contribution in [0.2, 0.25) is 0 Å². The van der Waals surface area contributed by atoms with E-state index < -0.39 is 0 Å². The number of hydrogen-bond donors (Lipinski definition) is 1. The Morgan fingerprint density at radius 1 is 1.33 bits per heavy atom. The van der Waals surface area contributed by atoms with Crippen molar-refractivity contribution in [1.29, 1.82) is 0 Å². The maximum Gasteiger partial charge on any atom is 0.0795 e. The highest BCUT2D eigenvalue weighted by atomic mass is 79.9. The Morgan fingerprint density at radius 2 is 2.20 bits per heavy atom. The van der Waals surface area contributed by atoms with Gasteiger partial charge in [-0.1, -0.05) is 15.9 Å². The highest BCUT2D eigenvalue weighted by Crippen LogP contribution is 2.26. The van der Waals surface area contributed by atoms with E-state index in [9.17, 15) is 0 Å². The molecule has 0 unspecified atom stereocenters. The Labute approximate surface area is 109 Å². The summed E-state index contributed by atoms with van der Waals surface area (Å²) in [4.78, 5) is 4.21. The zero-order valence-electron chi connectivity index (χ0n) is 7.71. The van der Waals surface area contributed by atoms with E-state index in [4.69, 9.17) is 0 Å². The molecule has 0 aliphatic carbocycles. The summed E-state index contributed by atoms with van der Waals surface area (Å²) in [6.45, 7) is 0.749. The van der Waals surface area contributed by atoms with Crippen LogP contribution in [0, 0.1) is 0 Å². The molecule has 1 aromatic carbocycles. The maximum absolute atomic E-state index is 4.21. The van der Waals surface area contributed by atoms with Crippen molar-refractivity contribution in [2.45, 2.75) is 6.54 Å². The molecule has 2 aromatic rings. The molecule has 0 fully saturated rings. The number of aromatic nitrogens is 1. The highest BCUT2D eigenvalue weighted by Gasteiger charge is 2.01. The standard InChI is InChI=1S/C10H8Br2N2S/c11-7-1-2-9(12)10(3-7)13-4-8-5-15-6-14-8/h1-3,5-6,13H,4H2. The number of halogens is 2. The van der Waals surface area contributed by atoms with Crippen LogP contribution >= 0.6 is 43.2 Å². The topological polar surface area (TPSA) is 24.9 Å². The van der Waals surface area contributed by atoms with Crippen LogP contribution in [0.15, 0.2) is 38.0 Å². The van der Waals surface area contributed by atoms with Gasteiger partial charge in [0.1, 0.15) is 0 Å². The summed E-state index contributed by atoms with van der Waals surface area (Å²) in [5, 5.41) is 5.36.